The van der Waals surface area contributed by atoms with Gasteiger partial charge in [-0.05, 0) is 120 Å². The van der Waals surface area contributed by atoms with E-state index in [9.17, 15) is 0 Å². The number of hydrogen-bond acceptors (Lipinski definition) is 1. The Morgan fingerprint density at radius 2 is 1.22 bits per heavy atom. The van der Waals surface area contributed by atoms with Gasteiger partial charge in [-0.2, -0.15) is 0 Å². The van der Waals surface area contributed by atoms with Crippen molar-refractivity contribution in [2.45, 2.75) is 57.9 Å². The van der Waals surface area contributed by atoms with Gasteiger partial charge in [0.25, 0.3) is 0 Å². The van der Waals surface area contributed by atoms with Crippen molar-refractivity contribution in [1.29, 1.82) is 0 Å². The molecule has 1 aromatic heterocycles. The van der Waals surface area contributed by atoms with E-state index in [0.717, 1.165) is 32.1 Å². The van der Waals surface area contributed by atoms with E-state index in [1.54, 1.807) is 0 Å². The van der Waals surface area contributed by atoms with Crippen LogP contribution < -0.4 is 4.90 Å². The average molecular weight is 713 g/mol. The Balaban J connectivity index is 1.09. The molecular weight excluding hydrogens is 665 g/mol. The molecule has 2 atom stereocenters. The first kappa shape index (κ1) is 34.6. The summed E-state index contributed by atoms with van der Waals surface area (Å²) in [6.45, 7) is 4.77. The summed E-state index contributed by atoms with van der Waals surface area (Å²) in [5.74, 6) is 0.403. The minimum atomic E-state index is 0.242. The van der Waals surface area contributed by atoms with Crippen molar-refractivity contribution < 1.29 is 0 Å². The lowest BCUT2D eigenvalue weighted by molar-refractivity contribution is 0.513. The summed E-state index contributed by atoms with van der Waals surface area (Å²) in [5, 5.41) is 3.97. The van der Waals surface area contributed by atoms with E-state index in [-0.39, 0.29) is 6.04 Å². The number of para-hydroxylation sites is 1. The van der Waals surface area contributed by atoms with Gasteiger partial charge >= 0.3 is 0 Å². The van der Waals surface area contributed by atoms with Gasteiger partial charge < -0.3 is 9.47 Å². The fraction of sp³-hybridized carbons (Fsp3) is 0.170. The third-order valence-electron chi connectivity index (χ3n) is 11.6. The van der Waals surface area contributed by atoms with Crippen LogP contribution in [0.15, 0.2) is 176 Å². The summed E-state index contributed by atoms with van der Waals surface area (Å²) in [5.41, 5.74) is 14.3. The highest BCUT2D eigenvalue weighted by molar-refractivity contribution is 5.96. The van der Waals surface area contributed by atoms with Gasteiger partial charge in [0.05, 0.1) is 5.52 Å². The molecule has 7 aromatic carbocycles. The Morgan fingerprint density at radius 1 is 0.600 bits per heavy atom. The standard InChI is InChI=1S/C53H48N2/c1-3-15-45(49-23-14-25-52-53(49)50-22-12-13-24-51(50)55(52)46-20-8-5-9-21-46)36-38(2)54(48-35-32-40-18-10-11-19-44(40)37-48)47-33-30-43(31-34-47)42-28-26-41(27-29-42)39-16-6-4-7-17-39/h4-12,14,16-23,25-35,37-38,45H,3,13,15,24,36H2,1-2H3. The van der Waals surface area contributed by atoms with Gasteiger partial charge in [0.2, 0.25) is 0 Å². The lowest BCUT2D eigenvalue weighted by atomic mass is 9.84. The summed E-state index contributed by atoms with van der Waals surface area (Å²) in [4.78, 5) is 2.59. The smallest absolute Gasteiger partial charge is 0.0540 e. The first-order valence-electron chi connectivity index (χ1n) is 20.1. The van der Waals surface area contributed by atoms with Gasteiger partial charge in [-0.1, -0.05) is 153 Å². The number of benzene rings is 7. The maximum absolute atomic E-state index is 2.59. The van der Waals surface area contributed by atoms with Crippen LogP contribution in [0.5, 0.6) is 0 Å². The van der Waals surface area contributed by atoms with Crippen molar-refractivity contribution >= 4 is 39.1 Å². The number of nitrogens with zero attached hydrogens (tertiary/aromatic N) is 2. The molecule has 1 aliphatic carbocycles. The molecule has 0 aliphatic heterocycles. The lowest BCUT2D eigenvalue weighted by Gasteiger charge is -2.34. The fourth-order valence-corrected chi connectivity index (χ4v) is 9.06. The van der Waals surface area contributed by atoms with Crippen molar-refractivity contribution in [3.63, 3.8) is 0 Å². The molecule has 55 heavy (non-hydrogen) atoms. The van der Waals surface area contributed by atoms with Crippen LogP contribution in [0.25, 0.3) is 55.7 Å². The maximum Gasteiger partial charge on any atom is 0.0540 e. The highest BCUT2D eigenvalue weighted by atomic mass is 15.2. The molecule has 2 nitrogen and oxygen atoms in total. The van der Waals surface area contributed by atoms with Crippen LogP contribution in [0.4, 0.5) is 11.4 Å². The number of aromatic nitrogens is 1. The fourth-order valence-electron chi connectivity index (χ4n) is 9.06. The number of anilines is 2. The van der Waals surface area contributed by atoms with Gasteiger partial charge in [0, 0.05) is 39.7 Å². The van der Waals surface area contributed by atoms with E-state index < -0.39 is 0 Å². The van der Waals surface area contributed by atoms with E-state index >= 15 is 0 Å². The quantitative estimate of drug-likeness (QED) is 0.130. The van der Waals surface area contributed by atoms with Crippen LogP contribution in [0, 0.1) is 0 Å². The van der Waals surface area contributed by atoms with Gasteiger partial charge in [-0.3, -0.25) is 0 Å². The van der Waals surface area contributed by atoms with Crippen LogP contribution in [-0.4, -0.2) is 10.6 Å². The van der Waals surface area contributed by atoms with Crippen LogP contribution in [0.1, 0.15) is 62.3 Å². The highest BCUT2D eigenvalue weighted by Gasteiger charge is 2.27. The minimum Gasteiger partial charge on any atom is -0.339 e. The first-order valence-corrected chi connectivity index (χ1v) is 20.1. The monoisotopic (exact) mass is 712 g/mol. The Hall–Kier alpha value is -6.12. The third kappa shape index (κ3) is 6.78. The van der Waals surface area contributed by atoms with Crippen molar-refractivity contribution in [1.82, 2.24) is 4.57 Å². The van der Waals surface area contributed by atoms with Crippen molar-refractivity contribution in [2.75, 3.05) is 4.90 Å². The number of allylic oxidation sites excluding steroid dienone is 1. The summed E-state index contributed by atoms with van der Waals surface area (Å²) in [7, 11) is 0. The molecule has 270 valence electrons. The zero-order chi connectivity index (χ0) is 37.1. The van der Waals surface area contributed by atoms with Crippen LogP contribution in [0.3, 0.4) is 0 Å². The summed E-state index contributed by atoms with van der Waals surface area (Å²) in [6.07, 6.45) is 10.2. The Morgan fingerprint density at radius 3 is 1.93 bits per heavy atom. The second kappa shape index (κ2) is 15.3. The molecule has 0 saturated heterocycles. The SMILES string of the molecule is CCCC(CC(C)N(c1ccc(-c2ccc(-c3ccccc3)cc2)cc1)c1ccc2ccccc2c1)c1cccc2c1c1c(n2-c2ccccc2)CCC=C1. The lowest BCUT2D eigenvalue weighted by Crippen LogP contribution is -2.30. The molecule has 9 rings (SSSR count). The molecule has 0 N–H and O–H groups in total. The average Bonchev–Trinajstić information content (AvgIpc) is 3.59. The molecule has 2 heteroatoms. The van der Waals surface area contributed by atoms with E-state index in [4.69, 9.17) is 0 Å². The molecule has 0 spiro atoms. The van der Waals surface area contributed by atoms with E-state index in [2.05, 4.69) is 205 Å². The molecule has 2 unspecified atom stereocenters. The summed E-state index contributed by atoms with van der Waals surface area (Å²) >= 11 is 0. The third-order valence-corrected chi connectivity index (χ3v) is 11.6. The highest BCUT2D eigenvalue weighted by Crippen LogP contribution is 2.42. The molecule has 1 aliphatic rings. The maximum atomic E-state index is 2.59. The van der Waals surface area contributed by atoms with Crippen LogP contribution in [-0.2, 0) is 6.42 Å². The summed E-state index contributed by atoms with van der Waals surface area (Å²) in [6, 6.07) is 62.7. The number of hydrogen-bond donors (Lipinski definition) is 0. The van der Waals surface area contributed by atoms with Crippen LogP contribution >= 0.6 is 0 Å². The number of fused-ring (bicyclic) bond motifs is 4. The van der Waals surface area contributed by atoms with Gasteiger partial charge in [-0.25, -0.2) is 0 Å². The van der Waals surface area contributed by atoms with E-state index in [0.29, 0.717) is 5.92 Å². The van der Waals surface area contributed by atoms with Gasteiger partial charge in [0.15, 0.2) is 0 Å². The topological polar surface area (TPSA) is 8.17 Å². The predicted molar refractivity (Wildman–Crippen MR) is 236 cm³/mol. The largest absolute Gasteiger partial charge is 0.339 e. The molecule has 8 aromatic rings. The second-order valence-electron chi connectivity index (χ2n) is 15.2. The van der Waals surface area contributed by atoms with Crippen molar-refractivity contribution in [2.24, 2.45) is 0 Å². The molecular formula is C53H48N2. The molecule has 1 heterocycles. The van der Waals surface area contributed by atoms with E-state index in [1.807, 2.05) is 0 Å². The normalized spacial score (nSPS) is 13.5. The summed E-state index contributed by atoms with van der Waals surface area (Å²) < 4.78 is 2.53. The minimum absolute atomic E-state index is 0.242. The Labute approximate surface area is 326 Å². The van der Waals surface area contributed by atoms with Gasteiger partial charge in [-0.15, -0.1) is 0 Å². The molecule has 0 amide bonds. The molecule has 0 fully saturated rings. The molecule has 0 bridgehead atoms. The zero-order valence-electron chi connectivity index (χ0n) is 31.9. The second-order valence-corrected chi connectivity index (χ2v) is 15.2. The molecule has 0 saturated carbocycles. The Bertz CT molecular complexity index is 2580. The van der Waals surface area contributed by atoms with Crippen molar-refractivity contribution in [3.05, 3.63) is 193 Å². The zero-order valence-corrected chi connectivity index (χ0v) is 31.9. The Kier molecular flexibility index (Phi) is 9.65. The number of rotatable bonds is 11. The van der Waals surface area contributed by atoms with Crippen LogP contribution in [0.2, 0.25) is 0 Å². The van der Waals surface area contributed by atoms with Gasteiger partial charge in [0.1, 0.15) is 0 Å². The van der Waals surface area contributed by atoms with Crippen molar-refractivity contribution in [3.8, 4) is 27.9 Å². The predicted octanol–water partition coefficient (Wildman–Crippen LogP) is 14.6. The first-order chi connectivity index (χ1) is 27.2. The van der Waals surface area contributed by atoms with E-state index in [1.165, 1.54) is 77.8 Å². The molecule has 0 radical (unpaired) electrons.